The van der Waals surface area contributed by atoms with Crippen LogP contribution in [-0.2, 0) is 14.3 Å². The second-order valence-electron chi connectivity index (χ2n) is 8.91. The van der Waals surface area contributed by atoms with Gasteiger partial charge in [-0.3, -0.25) is 9.59 Å². The van der Waals surface area contributed by atoms with Crippen LogP contribution in [0.4, 0.5) is 4.79 Å². The lowest BCUT2D eigenvalue weighted by Crippen LogP contribution is -2.33. The van der Waals surface area contributed by atoms with Crippen LogP contribution >= 0.6 is 0 Å². The first-order valence-corrected chi connectivity index (χ1v) is 11.9. The number of nitrogens with one attached hydrogen (secondary N) is 1. The lowest BCUT2D eigenvalue weighted by Gasteiger charge is -2.21. The van der Waals surface area contributed by atoms with Gasteiger partial charge in [0.25, 0.3) is 0 Å². The van der Waals surface area contributed by atoms with E-state index in [1.54, 1.807) is 11.9 Å². The third-order valence-electron chi connectivity index (χ3n) is 6.36. The summed E-state index contributed by atoms with van der Waals surface area (Å²) in [4.78, 5) is 36.9. The van der Waals surface area contributed by atoms with Crippen molar-refractivity contribution < 1.29 is 24.2 Å². The van der Waals surface area contributed by atoms with E-state index in [-0.39, 0.29) is 30.8 Å². The molecule has 2 N–H and O–H groups in total. The fourth-order valence-corrected chi connectivity index (χ4v) is 4.48. The van der Waals surface area contributed by atoms with Crippen LogP contribution in [0.2, 0.25) is 0 Å². The number of nitrogens with zero attached hydrogens (tertiary/aromatic N) is 1. The van der Waals surface area contributed by atoms with Gasteiger partial charge in [-0.2, -0.15) is 0 Å². The average Bonchev–Trinajstić information content (AvgIpc) is 3.16. The van der Waals surface area contributed by atoms with Crippen LogP contribution in [0, 0.1) is 5.92 Å². The van der Waals surface area contributed by atoms with Gasteiger partial charge < -0.3 is 20.1 Å². The summed E-state index contributed by atoms with van der Waals surface area (Å²) in [7, 11) is 1.74. The smallest absolute Gasteiger partial charge is 0.407 e. The van der Waals surface area contributed by atoms with Gasteiger partial charge in [-0.15, -0.1) is 0 Å². The topological polar surface area (TPSA) is 95.9 Å². The van der Waals surface area contributed by atoms with Gasteiger partial charge in [0.05, 0.1) is 0 Å². The molecule has 1 atom stereocenters. The molecule has 0 aliphatic heterocycles. The fraction of sp³-hybridized carbons (Fsp3) is 0.444. The molecule has 2 aromatic carbocycles. The van der Waals surface area contributed by atoms with Gasteiger partial charge in [0.1, 0.15) is 6.61 Å². The van der Waals surface area contributed by atoms with Gasteiger partial charge in [-0.05, 0) is 47.9 Å². The first-order chi connectivity index (χ1) is 16.4. The summed E-state index contributed by atoms with van der Waals surface area (Å²) in [6.07, 6.45) is 2.23. The third kappa shape index (κ3) is 6.59. The molecule has 1 aliphatic rings. The molecule has 0 fully saturated rings. The number of ether oxygens (including phenoxy) is 1. The minimum absolute atomic E-state index is 0.0295. The summed E-state index contributed by atoms with van der Waals surface area (Å²) in [6.45, 7) is 3.15. The van der Waals surface area contributed by atoms with E-state index in [9.17, 15) is 14.4 Å². The Hall–Kier alpha value is -3.35. The Morgan fingerprint density at radius 2 is 1.62 bits per heavy atom. The number of carbonyl (C=O) groups is 3. The van der Waals surface area contributed by atoms with Crippen LogP contribution in [0.5, 0.6) is 0 Å². The molecule has 0 saturated carbocycles. The van der Waals surface area contributed by atoms with Crippen LogP contribution in [0.1, 0.15) is 56.1 Å². The van der Waals surface area contributed by atoms with Crippen LogP contribution in [0.15, 0.2) is 48.5 Å². The predicted octanol–water partition coefficient (Wildman–Crippen LogP) is 4.65. The minimum Gasteiger partial charge on any atom is -0.481 e. The number of unbranched alkanes of at least 4 members (excludes halogenated alkanes) is 1. The van der Waals surface area contributed by atoms with Crippen LogP contribution < -0.4 is 5.32 Å². The summed E-state index contributed by atoms with van der Waals surface area (Å²) in [5.41, 5.74) is 4.74. The van der Waals surface area contributed by atoms with Crippen molar-refractivity contribution in [2.45, 2.75) is 44.9 Å². The highest BCUT2D eigenvalue weighted by atomic mass is 16.5. The normalized spacial score (nSPS) is 13.0. The highest BCUT2D eigenvalue weighted by molar-refractivity contribution is 5.79. The highest BCUT2D eigenvalue weighted by Crippen LogP contribution is 2.44. The maximum absolute atomic E-state index is 12.4. The number of hydrogen-bond donors (Lipinski definition) is 2. The molecule has 3 rings (SSSR count). The van der Waals surface area contributed by atoms with Crippen molar-refractivity contribution in [3.63, 3.8) is 0 Å². The molecule has 34 heavy (non-hydrogen) atoms. The number of benzene rings is 2. The van der Waals surface area contributed by atoms with Crippen molar-refractivity contribution in [1.29, 1.82) is 0 Å². The number of carboxylic acids is 1. The van der Waals surface area contributed by atoms with Crippen molar-refractivity contribution in [3.05, 3.63) is 59.7 Å². The van der Waals surface area contributed by atoms with E-state index in [1.165, 1.54) is 22.3 Å². The van der Waals surface area contributed by atoms with Gasteiger partial charge in [0.15, 0.2) is 0 Å². The molecule has 2 amide bonds. The van der Waals surface area contributed by atoms with Crippen molar-refractivity contribution in [2.75, 3.05) is 26.7 Å². The first-order valence-electron chi connectivity index (χ1n) is 11.9. The molecule has 0 spiro atoms. The van der Waals surface area contributed by atoms with Crippen molar-refractivity contribution in [1.82, 2.24) is 10.2 Å². The number of alkyl carbamates (subject to hydrolysis) is 1. The first kappa shape index (κ1) is 25.3. The summed E-state index contributed by atoms with van der Waals surface area (Å²) < 4.78 is 5.54. The predicted molar refractivity (Wildman–Crippen MR) is 131 cm³/mol. The number of carbonyl (C=O) groups excluding carboxylic acids is 2. The van der Waals surface area contributed by atoms with E-state index in [2.05, 4.69) is 29.6 Å². The highest BCUT2D eigenvalue weighted by Gasteiger charge is 2.29. The number of hydrogen-bond acceptors (Lipinski definition) is 4. The fourth-order valence-electron chi connectivity index (χ4n) is 4.48. The van der Waals surface area contributed by atoms with Crippen LogP contribution in [0.3, 0.4) is 0 Å². The molecule has 0 bridgehead atoms. The van der Waals surface area contributed by atoms with E-state index in [4.69, 9.17) is 9.84 Å². The van der Waals surface area contributed by atoms with Crippen molar-refractivity contribution >= 4 is 18.0 Å². The van der Waals surface area contributed by atoms with Gasteiger partial charge in [-0.1, -0.05) is 55.5 Å². The van der Waals surface area contributed by atoms with Gasteiger partial charge in [0, 0.05) is 38.4 Å². The molecular formula is C27H34N2O5. The monoisotopic (exact) mass is 466 g/mol. The molecule has 0 aromatic heterocycles. The largest absolute Gasteiger partial charge is 0.481 e. The van der Waals surface area contributed by atoms with Gasteiger partial charge in [-0.25, -0.2) is 4.79 Å². The number of amides is 2. The van der Waals surface area contributed by atoms with Gasteiger partial charge >= 0.3 is 12.1 Å². The minimum atomic E-state index is -0.814. The average molecular weight is 467 g/mol. The molecule has 2 aromatic rings. The maximum atomic E-state index is 12.4. The van der Waals surface area contributed by atoms with E-state index >= 15 is 0 Å². The molecular weight excluding hydrogens is 432 g/mol. The number of fused-ring (bicyclic) bond motifs is 3. The lowest BCUT2D eigenvalue weighted by molar-refractivity contribution is -0.137. The Balaban J connectivity index is 1.36. The Labute approximate surface area is 201 Å². The van der Waals surface area contributed by atoms with Gasteiger partial charge in [0.2, 0.25) is 5.91 Å². The van der Waals surface area contributed by atoms with E-state index in [1.807, 2.05) is 31.2 Å². The summed E-state index contributed by atoms with van der Waals surface area (Å²) in [5.74, 6) is -0.904. The second kappa shape index (κ2) is 12.2. The molecule has 1 unspecified atom stereocenters. The zero-order chi connectivity index (χ0) is 24.5. The molecule has 0 radical (unpaired) electrons. The standard InChI is InChI=1S/C27H34N2O5/c1-19(26(32)29(2)17-8-7-15-25(30)31)10-9-16-28-27(33)34-18-24-22-13-5-3-11-20(22)21-12-4-6-14-23(21)24/h3-6,11-14,19,24H,7-10,15-18H2,1-2H3,(H,28,33)(H,30,31). The zero-order valence-corrected chi connectivity index (χ0v) is 20.0. The number of rotatable bonds is 12. The van der Waals surface area contributed by atoms with E-state index in [0.717, 1.165) is 0 Å². The summed E-state index contributed by atoms with van der Waals surface area (Å²) in [6, 6.07) is 16.4. The third-order valence-corrected chi connectivity index (χ3v) is 6.36. The summed E-state index contributed by atoms with van der Waals surface area (Å²) in [5, 5.41) is 11.5. The van der Waals surface area contributed by atoms with Crippen molar-refractivity contribution in [2.24, 2.45) is 5.92 Å². The molecule has 1 aliphatic carbocycles. The second-order valence-corrected chi connectivity index (χ2v) is 8.91. The SMILES string of the molecule is CC(CCCNC(=O)OCC1c2ccccc2-c2ccccc21)C(=O)N(C)CCCCC(=O)O. The molecule has 0 heterocycles. The molecule has 7 heteroatoms. The Morgan fingerprint density at radius 1 is 1.00 bits per heavy atom. The number of carboxylic acid groups (broad SMARTS) is 1. The molecule has 182 valence electrons. The van der Waals surface area contributed by atoms with E-state index in [0.29, 0.717) is 38.8 Å². The lowest BCUT2D eigenvalue weighted by atomic mass is 9.98. The molecule has 7 nitrogen and oxygen atoms in total. The zero-order valence-electron chi connectivity index (χ0n) is 20.0. The van der Waals surface area contributed by atoms with Crippen LogP contribution in [-0.4, -0.2) is 54.7 Å². The Kier molecular flexibility index (Phi) is 9.08. The van der Waals surface area contributed by atoms with Crippen LogP contribution in [0.25, 0.3) is 11.1 Å². The summed E-state index contributed by atoms with van der Waals surface area (Å²) >= 11 is 0. The Bertz CT molecular complexity index is 961. The quantitative estimate of drug-likeness (QED) is 0.444. The van der Waals surface area contributed by atoms with Crippen molar-refractivity contribution in [3.8, 4) is 11.1 Å². The Morgan fingerprint density at radius 3 is 2.24 bits per heavy atom. The molecule has 0 saturated heterocycles. The van der Waals surface area contributed by atoms with E-state index < -0.39 is 12.1 Å². The number of aliphatic carboxylic acids is 1. The maximum Gasteiger partial charge on any atom is 0.407 e.